The van der Waals surface area contributed by atoms with Crippen molar-refractivity contribution in [2.45, 2.75) is 85.2 Å². The normalized spacial score (nSPS) is 12.9. The standard InChI is InChI=1S/C20H37BO3Si/c1-16(2)23-21(24-17(3)4)19-12-10-11-18(15-19)13-14-22-25(8,9)20(5,6)7/h10-12,15-17H,13-14H2,1-9H3. The second kappa shape index (κ2) is 9.36. The van der Waals surface area contributed by atoms with Crippen LogP contribution in [0.3, 0.4) is 0 Å². The maximum Gasteiger partial charge on any atom is 0.494 e. The molecule has 0 unspecified atom stereocenters. The largest absolute Gasteiger partial charge is 0.494 e. The van der Waals surface area contributed by atoms with Gasteiger partial charge in [-0.15, -0.1) is 0 Å². The molecule has 0 aromatic heterocycles. The van der Waals surface area contributed by atoms with Gasteiger partial charge in [-0.2, -0.15) is 0 Å². The van der Waals surface area contributed by atoms with E-state index in [4.69, 9.17) is 13.7 Å². The van der Waals surface area contributed by atoms with Crippen molar-refractivity contribution in [3.05, 3.63) is 29.8 Å². The summed E-state index contributed by atoms with van der Waals surface area (Å²) in [6.45, 7) is 20.3. The Morgan fingerprint density at radius 2 is 1.56 bits per heavy atom. The zero-order valence-corrected chi connectivity index (χ0v) is 18.7. The molecular weight excluding hydrogens is 327 g/mol. The number of rotatable bonds is 9. The lowest BCUT2D eigenvalue weighted by Crippen LogP contribution is -2.41. The minimum Gasteiger partial charge on any atom is -0.416 e. The molecule has 0 aliphatic heterocycles. The zero-order chi connectivity index (χ0) is 19.3. The predicted octanol–water partition coefficient (Wildman–Crippen LogP) is 4.80. The average Bonchev–Trinajstić information content (AvgIpc) is 2.44. The molecule has 5 heteroatoms. The Labute approximate surface area is 156 Å². The molecule has 1 rings (SSSR count). The molecule has 0 heterocycles. The third-order valence-electron chi connectivity index (χ3n) is 4.67. The first kappa shape index (κ1) is 22.4. The van der Waals surface area contributed by atoms with Gasteiger partial charge in [-0.3, -0.25) is 0 Å². The van der Waals surface area contributed by atoms with Crippen LogP contribution in [0.2, 0.25) is 18.1 Å². The van der Waals surface area contributed by atoms with E-state index in [9.17, 15) is 0 Å². The predicted molar refractivity (Wildman–Crippen MR) is 111 cm³/mol. The molecule has 0 aliphatic carbocycles. The van der Waals surface area contributed by atoms with Gasteiger partial charge in [-0.25, -0.2) is 0 Å². The maximum atomic E-state index is 6.30. The highest BCUT2D eigenvalue weighted by molar-refractivity contribution is 6.74. The fourth-order valence-electron chi connectivity index (χ4n) is 2.22. The minimum atomic E-state index is -1.69. The Morgan fingerprint density at radius 3 is 2.04 bits per heavy atom. The van der Waals surface area contributed by atoms with E-state index >= 15 is 0 Å². The third kappa shape index (κ3) is 7.65. The molecule has 1 aromatic rings. The Bertz CT molecular complexity index is 514. The molecule has 142 valence electrons. The van der Waals surface area contributed by atoms with Gasteiger partial charge in [-0.05, 0) is 63.3 Å². The molecule has 0 fully saturated rings. The van der Waals surface area contributed by atoms with Gasteiger partial charge in [0.25, 0.3) is 0 Å². The van der Waals surface area contributed by atoms with Crippen LogP contribution in [0.25, 0.3) is 0 Å². The van der Waals surface area contributed by atoms with Crippen molar-refractivity contribution in [1.82, 2.24) is 0 Å². The van der Waals surface area contributed by atoms with Gasteiger partial charge < -0.3 is 13.7 Å². The van der Waals surface area contributed by atoms with Crippen LogP contribution in [0.4, 0.5) is 0 Å². The Hall–Kier alpha value is -0.618. The highest BCUT2D eigenvalue weighted by Gasteiger charge is 2.36. The molecule has 0 spiro atoms. The van der Waals surface area contributed by atoms with E-state index in [1.165, 1.54) is 5.56 Å². The van der Waals surface area contributed by atoms with Crippen molar-refractivity contribution < 1.29 is 13.7 Å². The van der Waals surface area contributed by atoms with Crippen molar-refractivity contribution >= 4 is 20.9 Å². The van der Waals surface area contributed by atoms with Crippen LogP contribution >= 0.6 is 0 Å². The summed E-state index contributed by atoms with van der Waals surface area (Å²) < 4.78 is 18.2. The summed E-state index contributed by atoms with van der Waals surface area (Å²) in [5.74, 6) is 0. The molecule has 1 aromatic carbocycles. The summed E-state index contributed by atoms with van der Waals surface area (Å²) in [5.41, 5.74) is 2.34. The first-order valence-electron chi connectivity index (χ1n) is 9.46. The van der Waals surface area contributed by atoms with Crippen LogP contribution in [0.5, 0.6) is 0 Å². The van der Waals surface area contributed by atoms with Crippen LogP contribution in [0.1, 0.15) is 54.0 Å². The van der Waals surface area contributed by atoms with Gasteiger partial charge in [0.1, 0.15) is 0 Å². The van der Waals surface area contributed by atoms with Crippen LogP contribution in [-0.4, -0.2) is 34.3 Å². The van der Waals surface area contributed by atoms with E-state index in [1.807, 2.05) is 27.7 Å². The molecule has 25 heavy (non-hydrogen) atoms. The second-order valence-electron chi connectivity index (χ2n) is 8.81. The Kier molecular flexibility index (Phi) is 8.39. The van der Waals surface area contributed by atoms with Gasteiger partial charge in [-0.1, -0.05) is 45.0 Å². The van der Waals surface area contributed by atoms with Gasteiger partial charge in [0.05, 0.1) is 0 Å². The highest BCUT2D eigenvalue weighted by Crippen LogP contribution is 2.36. The number of hydrogen-bond donors (Lipinski definition) is 0. The molecule has 0 saturated carbocycles. The fourth-order valence-corrected chi connectivity index (χ4v) is 3.26. The summed E-state index contributed by atoms with van der Waals surface area (Å²) in [4.78, 5) is 0. The van der Waals surface area contributed by atoms with E-state index in [2.05, 4.69) is 58.1 Å². The first-order chi connectivity index (χ1) is 11.4. The number of hydrogen-bond acceptors (Lipinski definition) is 3. The van der Waals surface area contributed by atoms with E-state index in [0.717, 1.165) is 18.5 Å². The third-order valence-corrected chi connectivity index (χ3v) is 9.21. The fraction of sp³-hybridized carbons (Fsp3) is 0.700. The van der Waals surface area contributed by atoms with Crippen LogP contribution in [0, 0.1) is 0 Å². The summed E-state index contributed by atoms with van der Waals surface area (Å²) >= 11 is 0. The molecule has 3 nitrogen and oxygen atoms in total. The van der Waals surface area contributed by atoms with Gasteiger partial charge in [0.2, 0.25) is 0 Å². The molecule has 0 aliphatic rings. The molecular formula is C20H37BO3Si. The lowest BCUT2D eigenvalue weighted by atomic mass is 9.77. The molecule has 0 radical (unpaired) electrons. The van der Waals surface area contributed by atoms with Gasteiger partial charge >= 0.3 is 7.12 Å². The van der Waals surface area contributed by atoms with E-state index in [1.54, 1.807) is 0 Å². The van der Waals surface area contributed by atoms with Crippen molar-refractivity contribution in [3.8, 4) is 0 Å². The van der Waals surface area contributed by atoms with E-state index in [-0.39, 0.29) is 24.4 Å². The Morgan fingerprint density at radius 1 is 1.00 bits per heavy atom. The van der Waals surface area contributed by atoms with Crippen molar-refractivity contribution in [2.24, 2.45) is 0 Å². The van der Waals surface area contributed by atoms with Gasteiger partial charge in [0.15, 0.2) is 8.32 Å². The van der Waals surface area contributed by atoms with E-state index < -0.39 is 8.32 Å². The van der Waals surface area contributed by atoms with Crippen LogP contribution < -0.4 is 5.46 Å². The maximum absolute atomic E-state index is 6.30. The van der Waals surface area contributed by atoms with Gasteiger partial charge in [0, 0.05) is 18.8 Å². The van der Waals surface area contributed by atoms with Crippen molar-refractivity contribution in [1.29, 1.82) is 0 Å². The SMILES string of the molecule is CC(C)OB(OC(C)C)c1cccc(CCO[Si](C)(C)C(C)(C)C)c1. The molecule has 0 atom stereocenters. The van der Waals surface area contributed by atoms with E-state index in [0.29, 0.717) is 0 Å². The zero-order valence-electron chi connectivity index (χ0n) is 17.7. The highest BCUT2D eigenvalue weighted by atomic mass is 28.4. The lowest BCUT2D eigenvalue weighted by Gasteiger charge is -2.36. The Balaban J connectivity index is 2.76. The minimum absolute atomic E-state index is 0.120. The molecule has 0 bridgehead atoms. The number of benzene rings is 1. The molecule has 0 N–H and O–H groups in total. The monoisotopic (exact) mass is 364 g/mol. The second-order valence-corrected chi connectivity index (χ2v) is 13.6. The summed E-state index contributed by atoms with van der Waals surface area (Å²) in [5, 5.41) is 0.246. The topological polar surface area (TPSA) is 27.7 Å². The summed E-state index contributed by atoms with van der Waals surface area (Å²) in [6.07, 6.45) is 1.15. The quantitative estimate of drug-likeness (QED) is 0.589. The van der Waals surface area contributed by atoms with Crippen LogP contribution in [0.15, 0.2) is 24.3 Å². The summed E-state index contributed by atoms with van der Waals surface area (Å²) in [7, 11) is -2.01. The molecule has 0 amide bonds. The van der Waals surface area contributed by atoms with Crippen LogP contribution in [-0.2, 0) is 20.2 Å². The van der Waals surface area contributed by atoms with Crippen molar-refractivity contribution in [3.63, 3.8) is 0 Å². The molecule has 0 saturated heterocycles. The van der Waals surface area contributed by atoms with Crippen molar-refractivity contribution in [2.75, 3.05) is 6.61 Å². The first-order valence-corrected chi connectivity index (χ1v) is 12.4. The smallest absolute Gasteiger partial charge is 0.416 e. The lowest BCUT2D eigenvalue weighted by molar-refractivity contribution is 0.139. The average molecular weight is 364 g/mol. The summed E-state index contributed by atoms with van der Waals surface area (Å²) in [6, 6.07) is 8.50.